The summed E-state index contributed by atoms with van der Waals surface area (Å²) in [5, 5.41) is 0.433. The lowest BCUT2D eigenvalue weighted by Gasteiger charge is -2.09. The molecule has 5 heteroatoms. The summed E-state index contributed by atoms with van der Waals surface area (Å²) in [5.74, 6) is -0.970. The van der Waals surface area contributed by atoms with Crippen molar-refractivity contribution in [3.8, 4) is 5.75 Å². The first-order chi connectivity index (χ1) is 10.1. The highest BCUT2D eigenvalue weighted by molar-refractivity contribution is 6.30. The highest BCUT2D eigenvalue weighted by Crippen LogP contribution is 2.21. The summed E-state index contributed by atoms with van der Waals surface area (Å²) in [4.78, 5) is 23.9. The second-order valence-electron chi connectivity index (χ2n) is 4.12. The second kappa shape index (κ2) is 6.90. The Morgan fingerprint density at radius 1 is 1.05 bits per heavy atom. The molecular weight excluding hydrogens is 292 g/mol. The molecule has 0 amide bonds. The van der Waals surface area contributed by atoms with Gasteiger partial charge in [-0.05, 0) is 37.3 Å². The van der Waals surface area contributed by atoms with E-state index in [1.54, 1.807) is 43.3 Å². The standard InChI is InChI=1S/C16H13ClO4/c1-2-20-16(19)13-8-3-4-9-14(13)21-15(18)11-6-5-7-12(17)10-11/h3-10H,2H2,1H3. The minimum absolute atomic E-state index is 0.154. The van der Waals surface area contributed by atoms with E-state index in [1.165, 1.54) is 12.1 Å². The van der Waals surface area contributed by atoms with E-state index in [0.717, 1.165) is 0 Å². The molecule has 0 fully saturated rings. The molecule has 0 aromatic heterocycles. The Morgan fingerprint density at radius 3 is 2.52 bits per heavy atom. The Morgan fingerprint density at radius 2 is 1.81 bits per heavy atom. The maximum atomic E-state index is 12.1. The van der Waals surface area contributed by atoms with E-state index in [-0.39, 0.29) is 17.9 Å². The van der Waals surface area contributed by atoms with Crippen LogP contribution in [-0.2, 0) is 4.74 Å². The Balaban J connectivity index is 2.23. The first kappa shape index (κ1) is 15.1. The van der Waals surface area contributed by atoms with Gasteiger partial charge in [0, 0.05) is 5.02 Å². The number of halogens is 1. The monoisotopic (exact) mass is 304 g/mol. The van der Waals surface area contributed by atoms with Gasteiger partial charge in [-0.2, -0.15) is 0 Å². The lowest BCUT2D eigenvalue weighted by molar-refractivity contribution is 0.0520. The summed E-state index contributed by atoms with van der Waals surface area (Å²) in [6, 6.07) is 12.8. The number of carbonyl (C=O) groups is 2. The lowest BCUT2D eigenvalue weighted by Crippen LogP contribution is -2.13. The molecule has 0 spiro atoms. The Hall–Kier alpha value is -2.33. The number of benzene rings is 2. The van der Waals surface area contributed by atoms with Crippen molar-refractivity contribution in [3.05, 3.63) is 64.7 Å². The Labute approximate surface area is 127 Å². The fraction of sp³-hybridized carbons (Fsp3) is 0.125. The van der Waals surface area contributed by atoms with E-state index in [4.69, 9.17) is 21.1 Å². The van der Waals surface area contributed by atoms with Gasteiger partial charge in [-0.1, -0.05) is 29.8 Å². The molecule has 0 heterocycles. The zero-order valence-electron chi connectivity index (χ0n) is 11.3. The van der Waals surface area contributed by atoms with Crippen LogP contribution in [0.4, 0.5) is 0 Å². The van der Waals surface area contributed by atoms with Crippen LogP contribution in [0.5, 0.6) is 5.75 Å². The lowest BCUT2D eigenvalue weighted by atomic mass is 10.2. The largest absolute Gasteiger partial charge is 0.462 e. The van der Waals surface area contributed by atoms with Gasteiger partial charge in [0.25, 0.3) is 0 Å². The van der Waals surface area contributed by atoms with E-state index >= 15 is 0 Å². The zero-order chi connectivity index (χ0) is 15.2. The summed E-state index contributed by atoms with van der Waals surface area (Å²) >= 11 is 5.83. The van der Waals surface area contributed by atoms with Crippen molar-refractivity contribution < 1.29 is 19.1 Å². The summed E-state index contributed by atoms with van der Waals surface area (Å²) < 4.78 is 10.2. The SMILES string of the molecule is CCOC(=O)c1ccccc1OC(=O)c1cccc(Cl)c1. The number of carbonyl (C=O) groups excluding carboxylic acids is 2. The van der Waals surface area contributed by atoms with Crippen LogP contribution >= 0.6 is 11.6 Å². The van der Waals surface area contributed by atoms with Crippen molar-refractivity contribution in [1.82, 2.24) is 0 Å². The van der Waals surface area contributed by atoms with Crippen molar-refractivity contribution in [2.45, 2.75) is 6.92 Å². The van der Waals surface area contributed by atoms with Gasteiger partial charge in [-0.15, -0.1) is 0 Å². The first-order valence-electron chi connectivity index (χ1n) is 6.35. The van der Waals surface area contributed by atoms with E-state index in [0.29, 0.717) is 10.6 Å². The van der Waals surface area contributed by atoms with Crippen molar-refractivity contribution in [1.29, 1.82) is 0 Å². The predicted molar refractivity (Wildman–Crippen MR) is 78.8 cm³/mol. The molecule has 0 saturated carbocycles. The molecule has 2 aromatic carbocycles. The third-order valence-electron chi connectivity index (χ3n) is 2.65. The fourth-order valence-electron chi connectivity index (χ4n) is 1.71. The number of para-hydroxylation sites is 1. The third kappa shape index (κ3) is 3.83. The molecule has 0 radical (unpaired) electrons. The molecule has 2 aromatic rings. The highest BCUT2D eigenvalue weighted by Gasteiger charge is 2.16. The van der Waals surface area contributed by atoms with Crippen molar-refractivity contribution >= 4 is 23.5 Å². The highest BCUT2D eigenvalue weighted by atomic mass is 35.5. The van der Waals surface area contributed by atoms with Gasteiger partial charge in [-0.3, -0.25) is 0 Å². The van der Waals surface area contributed by atoms with Crippen LogP contribution in [0.2, 0.25) is 5.02 Å². The maximum Gasteiger partial charge on any atom is 0.343 e. The molecule has 0 aliphatic rings. The van der Waals surface area contributed by atoms with Crippen LogP contribution in [0.3, 0.4) is 0 Å². The third-order valence-corrected chi connectivity index (χ3v) is 2.88. The molecule has 0 aliphatic carbocycles. The Kier molecular flexibility index (Phi) is 4.95. The minimum atomic E-state index is -0.589. The fourth-order valence-corrected chi connectivity index (χ4v) is 1.90. The quantitative estimate of drug-likeness (QED) is 0.638. The molecule has 4 nitrogen and oxygen atoms in total. The maximum absolute atomic E-state index is 12.1. The van der Waals surface area contributed by atoms with Crippen LogP contribution in [0.15, 0.2) is 48.5 Å². The summed E-state index contributed by atoms with van der Waals surface area (Å²) in [6.45, 7) is 1.95. The number of ether oxygens (including phenoxy) is 2. The molecule has 108 valence electrons. The van der Waals surface area contributed by atoms with Crippen molar-refractivity contribution in [2.24, 2.45) is 0 Å². The van der Waals surface area contributed by atoms with E-state index in [1.807, 2.05) is 0 Å². The molecule has 0 unspecified atom stereocenters. The minimum Gasteiger partial charge on any atom is -0.462 e. The summed E-state index contributed by atoms with van der Waals surface area (Å²) in [7, 11) is 0. The Bertz CT molecular complexity index is 667. The summed E-state index contributed by atoms with van der Waals surface area (Å²) in [6.07, 6.45) is 0. The van der Waals surface area contributed by atoms with Gasteiger partial charge in [0.15, 0.2) is 0 Å². The van der Waals surface area contributed by atoms with Gasteiger partial charge in [0.1, 0.15) is 11.3 Å². The molecule has 2 rings (SSSR count). The zero-order valence-corrected chi connectivity index (χ0v) is 12.1. The van der Waals surface area contributed by atoms with Crippen molar-refractivity contribution in [2.75, 3.05) is 6.61 Å². The van der Waals surface area contributed by atoms with Crippen molar-refractivity contribution in [3.63, 3.8) is 0 Å². The van der Waals surface area contributed by atoms with Crippen LogP contribution in [0, 0.1) is 0 Å². The van der Waals surface area contributed by atoms with Crippen LogP contribution in [0.1, 0.15) is 27.6 Å². The number of hydrogen-bond acceptors (Lipinski definition) is 4. The topological polar surface area (TPSA) is 52.6 Å². The van der Waals surface area contributed by atoms with Crippen LogP contribution in [-0.4, -0.2) is 18.5 Å². The molecular formula is C16H13ClO4. The van der Waals surface area contributed by atoms with Gasteiger partial charge < -0.3 is 9.47 Å². The van der Waals surface area contributed by atoms with E-state index in [2.05, 4.69) is 0 Å². The smallest absolute Gasteiger partial charge is 0.343 e. The molecule has 0 saturated heterocycles. The first-order valence-corrected chi connectivity index (χ1v) is 6.73. The van der Waals surface area contributed by atoms with E-state index < -0.39 is 11.9 Å². The number of hydrogen-bond donors (Lipinski definition) is 0. The van der Waals surface area contributed by atoms with Gasteiger partial charge in [0.05, 0.1) is 12.2 Å². The van der Waals surface area contributed by atoms with Crippen LogP contribution in [0.25, 0.3) is 0 Å². The molecule has 0 aliphatic heterocycles. The number of esters is 2. The molecule has 21 heavy (non-hydrogen) atoms. The average molecular weight is 305 g/mol. The average Bonchev–Trinajstić information content (AvgIpc) is 2.48. The van der Waals surface area contributed by atoms with Gasteiger partial charge in [-0.25, -0.2) is 9.59 Å². The van der Waals surface area contributed by atoms with Gasteiger partial charge >= 0.3 is 11.9 Å². The van der Waals surface area contributed by atoms with Gasteiger partial charge in [0.2, 0.25) is 0 Å². The van der Waals surface area contributed by atoms with Crippen LogP contribution < -0.4 is 4.74 Å². The predicted octanol–water partition coefficient (Wildman–Crippen LogP) is 3.74. The molecule has 0 bridgehead atoms. The van der Waals surface area contributed by atoms with E-state index in [9.17, 15) is 9.59 Å². The second-order valence-corrected chi connectivity index (χ2v) is 4.55. The molecule has 0 N–H and O–H groups in total. The normalized spacial score (nSPS) is 10.0. The number of rotatable bonds is 4. The summed E-state index contributed by atoms with van der Waals surface area (Å²) in [5.41, 5.74) is 0.510. The molecule has 0 atom stereocenters.